The molecule has 120 valence electrons. The second-order valence-electron chi connectivity index (χ2n) is 5.06. The highest BCUT2D eigenvalue weighted by Gasteiger charge is 2.03. The molecule has 0 spiro atoms. The lowest BCUT2D eigenvalue weighted by Crippen LogP contribution is -2.25. The maximum Gasteiger partial charge on any atom is 0.277 e. The minimum atomic E-state index is -0.313. The van der Waals surface area contributed by atoms with Crippen molar-refractivity contribution in [1.29, 1.82) is 0 Å². The number of hydrazone groups is 1. The van der Waals surface area contributed by atoms with Gasteiger partial charge < -0.3 is 9.47 Å². The Labute approximate surface area is 135 Å². The maximum absolute atomic E-state index is 11.8. The molecule has 0 unspecified atom stereocenters. The monoisotopic (exact) mass is 312 g/mol. The van der Waals surface area contributed by atoms with Crippen LogP contribution in [0.15, 0.2) is 53.6 Å². The number of carbonyl (C=O) groups is 1. The highest BCUT2D eigenvalue weighted by atomic mass is 16.5. The predicted molar refractivity (Wildman–Crippen MR) is 90.0 cm³/mol. The van der Waals surface area contributed by atoms with E-state index in [9.17, 15) is 4.79 Å². The summed E-state index contributed by atoms with van der Waals surface area (Å²) in [6, 6.07) is 15.0. The third-order valence-corrected chi connectivity index (χ3v) is 3.25. The molecule has 0 radical (unpaired) electrons. The highest BCUT2D eigenvalue weighted by Crippen LogP contribution is 2.16. The van der Waals surface area contributed by atoms with E-state index in [0.29, 0.717) is 5.75 Å². The van der Waals surface area contributed by atoms with Crippen molar-refractivity contribution in [3.8, 4) is 11.5 Å². The standard InChI is InChI=1S/C18H20N2O3/c1-13-4-6-15(7-5-13)14(2)19-20-18(21)12-23-17-10-8-16(22-3)9-11-17/h4-11H,12H2,1-3H3,(H,20,21)/b19-14+. The fraction of sp³-hybridized carbons (Fsp3) is 0.222. The number of rotatable bonds is 6. The van der Waals surface area contributed by atoms with Crippen molar-refractivity contribution in [2.75, 3.05) is 13.7 Å². The Morgan fingerprint density at radius 3 is 2.26 bits per heavy atom. The number of hydrogen-bond acceptors (Lipinski definition) is 4. The van der Waals surface area contributed by atoms with Gasteiger partial charge in [0.1, 0.15) is 11.5 Å². The van der Waals surface area contributed by atoms with Gasteiger partial charge in [-0.15, -0.1) is 0 Å². The quantitative estimate of drug-likeness (QED) is 0.659. The van der Waals surface area contributed by atoms with Crippen LogP contribution in [0.3, 0.4) is 0 Å². The van der Waals surface area contributed by atoms with Crippen LogP contribution < -0.4 is 14.9 Å². The fourth-order valence-electron chi connectivity index (χ4n) is 1.86. The summed E-state index contributed by atoms with van der Waals surface area (Å²) >= 11 is 0. The van der Waals surface area contributed by atoms with Crippen molar-refractivity contribution < 1.29 is 14.3 Å². The number of ether oxygens (including phenoxy) is 2. The predicted octanol–water partition coefficient (Wildman–Crippen LogP) is 2.92. The zero-order chi connectivity index (χ0) is 16.7. The van der Waals surface area contributed by atoms with E-state index < -0.39 is 0 Å². The maximum atomic E-state index is 11.8. The van der Waals surface area contributed by atoms with Gasteiger partial charge in [-0.1, -0.05) is 29.8 Å². The number of aryl methyl sites for hydroxylation is 1. The summed E-state index contributed by atoms with van der Waals surface area (Å²) in [5.41, 5.74) is 5.37. The van der Waals surface area contributed by atoms with Gasteiger partial charge in [-0.3, -0.25) is 4.79 Å². The topological polar surface area (TPSA) is 59.9 Å². The van der Waals surface area contributed by atoms with Crippen LogP contribution in [0.5, 0.6) is 11.5 Å². The smallest absolute Gasteiger partial charge is 0.277 e. The second-order valence-corrected chi connectivity index (χ2v) is 5.06. The zero-order valence-electron chi connectivity index (χ0n) is 13.5. The molecular weight excluding hydrogens is 292 g/mol. The molecule has 2 aromatic rings. The van der Waals surface area contributed by atoms with Gasteiger partial charge in [0.25, 0.3) is 5.91 Å². The van der Waals surface area contributed by atoms with Crippen molar-refractivity contribution in [1.82, 2.24) is 5.43 Å². The molecule has 2 aromatic carbocycles. The van der Waals surface area contributed by atoms with E-state index in [1.165, 1.54) is 5.56 Å². The minimum absolute atomic E-state index is 0.100. The van der Waals surface area contributed by atoms with Gasteiger partial charge in [-0.2, -0.15) is 5.10 Å². The third-order valence-electron chi connectivity index (χ3n) is 3.25. The van der Waals surface area contributed by atoms with Crippen LogP contribution in [-0.2, 0) is 4.79 Å². The van der Waals surface area contributed by atoms with Gasteiger partial charge in [0, 0.05) is 0 Å². The van der Waals surface area contributed by atoms with E-state index in [2.05, 4.69) is 10.5 Å². The van der Waals surface area contributed by atoms with Gasteiger partial charge in [0.2, 0.25) is 0 Å². The molecule has 5 heteroatoms. The molecule has 1 amide bonds. The molecule has 0 heterocycles. The number of methoxy groups -OCH3 is 1. The molecule has 0 aliphatic rings. The summed E-state index contributed by atoms with van der Waals surface area (Å²) in [5, 5.41) is 4.08. The largest absolute Gasteiger partial charge is 0.497 e. The average Bonchev–Trinajstić information content (AvgIpc) is 2.59. The summed E-state index contributed by atoms with van der Waals surface area (Å²) in [4.78, 5) is 11.8. The molecule has 0 atom stereocenters. The summed E-state index contributed by atoms with van der Waals surface area (Å²) < 4.78 is 10.4. The van der Waals surface area contributed by atoms with Crippen LogP contribution in [0.1, 0.15) is 18.1 Å². The first kappa shape index (κ1) is 16.5. The van der Waals surface area contributed by atoms with E-state index >= 15 is 0 Å². The Morgan fingerprint density at radius 1 is 1.04 bits per heavy atom. The Hall–Kier alpha value is -2.82. The molecule has 0 fully saturated rings. The van der Waals surface area contributed by atoms with Crippen molar-refractivity contribution in [2.45, 2.75) is 13.8 Å². The molecule has 5 nitrogen and oxygen atoms in total. The van der Waals surface area contributed by atoms with Crippen molar-refractivity contribution >= 4 is 11.6 Å². The Balaban J connectivity index is 1.84. The van der Waals surface area contributed by atoms with Crippen LogP contribution in [0.2, 0.25) is 0 Å². The molecule has 0 saturated carbocycles. The lowest BCUT2D eigenvalue weighted by molar-refractivity contribution is -0.123. The normalized spacial score (nSPS) is 11.0. The minimum Gasteiger partial charge on any atom is -0.497 e. The van der Waals surface area contributed by atoms with Gasteiger partial charge in [-0.25, -0.2) is 5.43 Å². The third kappa shape index (κ3) is 5.14. The van der Waals surface area contributed by atoms with E-state index in [-0.39, 0.29) is 12.5 Å². The van der Waals surface area contributed by atoms with Crippen molar-refractivity contribution in [3.63, 3.8) is 0 Å². The van der Waals surface area contributed by atoms with E-state index in [1.54, 1.807) is 31.4 Å². The average molecular weight is 312 g/mol. The van der Waals surface area contributed by atoms with Crippen LogP contribution >= 0.6 is 0 Å². The van der Waals surface area contributed by atoms with Crippen molar-refractivity contribution in [2.24, 2.45) is 5.10 Å². The number of nitrogens with zero attached hydrogens (tertiary/aromatic N) is 1. The summed E-state index contributed by atoms with van der Waals surface area (Å²) in [7, 11) is 1.59. The first-order valence-corrected chi connectivity index (χ1v) is 7.25. The summed E-state index contributed by atoms with van der Waals surface area (Å²) in [5.74, 6) is 1.02. The number of carbonyl (C=O) groups excluding carboxylic acids is 1. The van der Waals surface area contributed by atoms with Crippen LogP contribution in [0.25, 0.3) is 0 Å². The number of benzene rings is 2. The van der Waals surface area contributed by atoms with E-state index in [4.69, 9.17) is 9.47 Å². The Morgan fingerprint density at radius 2 is 1.65 bits per heavy atom. The second kappa shape index (κ2) is 7.98. The zero-order valence-corrected chi connectivity index (χ0v) is 13.5. The summed E-state index contributed by atoms with van der Waals surface area (Å²) in [6.07, 6.45) is 0. The first-order valence-electron chi connectivity index (χ1n) is 7.25. The van der Waals surface area contributed by atoms with Gasteiger partial charge in [0.15, 0.2) is 6.61 Å². The van der Waals surface area contributed by atoms with Gasteiger partial charge >= 0.3 is 0 Å². The van der Waals surface area contributed by atoms with Crippen LogP contribution in [0, 0.1) is 6.92 Å². The molecule has 0 aromatic heterocycles. The molecule has 0 aliphatic heterocycles. The Kier molecular flexibility index (Phi) is 5.74. The summed E-state index contributed by atoms with van der Waals surface area (Å²) in [6.45, 7) is 3.76. The van der Waals surface area contributed by atoms with Crippen LogP contribution in [-0.4, -0.2) is 25.3 Å². The van der Waals surface area contributed by atoms with Crippen LogP contribution in [0.4, 0.5) is 0 Å². The molecule has 1 N–H and O–H groups in total. The van der Waals surface area contributed by atoms with Gasteiger partial charge in [0.05, 0.1) is 12.8 Å². The highest BCUT2D eigenvalue weighted by molar-refractivity contribution is 5.99. The molecule has 23 heavy (non-hydrogen) atoms. The Bertz CT molecular complexity index is 676. The molecular formula is C18H20N2O3. The van der Waals surface area contributed by atoms with Crippen molar-refractivity contribution in [3.05, 3.63) is 59.7 Å². The lowest BCUT2D eigenvalue weighted by atomic mass is 10.1. The van der Waals surface area contributed by atoms with Gasteiger partial charge in [-0.05, 0) is 43.7 Å². The lowest BCUT2D eigenvalue weighted by Gasteiger charge is -2.07. The number of nitrogens with one attached hydrogen (secondary N) is 1. The number of hydrogen-bond donors (Lipinski definition) is 1. The molecule has 0 bridgehead atoms. The SMILES string of the molecule is COc1ccc(OCC(=O)N/N=C(\C)c2ccc(C)cc2)cc1. The molecule has 2 rings (SSSR count). The van der Waals surface area contributed by atoms with E-state index in [0.717, 1.165) is 17.0 Å². The molecule has 0 aliphatic carbocycles. The molecule has 0 saturated heterocycles. The first-order chi connectivity index (χ1) is 11.1. The fourth-order valence-corrected chi connectivity index (χ4v) is 1.86. The van der Waals surface area contributed by atoms with E-state index in [1.807, 2.05) is 38.1 Å². The number of amides is 1.